The zero-order valence-corrected chi connectivity index (χ0v) is 18.7. The summed E-state index contributed by atoms with van der Waals surface area (Å²) in [6.07, 6.45) is 0. The normalized spacial score (nSPS) is 12.4. The highest BCUT2D eigenvalue weighted by molar-refractivity contribution is 7.80. The van der Waals surface area contributed by atoms with Gasteiger partial charge in [-0.1, -0.05) is 45.0 Å². The Labute approximate surface area is 171 Å². The molecule has 0 saturated heterocycles. The van der Waals surface area contributed by atoms with Gasteiger partial charge in [0.2, 0.25) is 0 Å². The molecule has 1 aromatic heterocycles. The molecular formula is C21H28N2O2S2. The molecule has 0 aliphatic heterocycles. The van der Waals surface area contributed by atoms with Crippen LogP contribution in [-0.2, 0) is 10.2 Å². The van der Waals surface area contributed by atoms with E-state index in [1.54, 1.807) is 0 Å². The molecular weight excluding hydrogens is 376 g/mol. The third-order valence-electron chi connectivity index (χ3n) is 4.63. The van der Waals surface area contributed by atoms with Crippen LogP contribution in [0.25, 0.3) is 0 Å². The number of anilines is 1. The van der Waals surface area contributed by atoms with E-state index >= 15 is 0 Å². The summed E-state index contributed by atoms with van der Waals surface area (Å²) in [6, 6.07) is 8.61. The van der Waals surface area contributed by atoms with Gasteiger partial charge in [0.25, 0.3) is 0 Å². The number of rotatable bonds is 4. The Morgan fingerprint density at radius 3 is 2.30 bits per heavy atom. The topological polar surface area (TPSA) is 50.4 Å². The smallest absolute Gasteiger partial charge is 0.341 e. The van der Waals surface area contributed by atoms with Crippen LogP contribution in [0.1, 0.15) is 65.7 Å². The number of carbonyl (C=O) groups excluding carboxylic acids is 1. The van der Waals surface area contributed by atoms with Gasteiger partial charge in [-0.15, -0.1) is 11.3 Å². The summed E-state index contributed by atoms with van der Waals surface area (Å²) in [4.78, 5) is 13.1. The molecule has 6 heteroatoms. The minimum atomic E-state index is -0.354. The van der Waals surface area contributed by atoms with Crippen molar-refractivity contribution in [1.29, 1.82) is 0 Å². The van der Waals surface area contributed by atoms with Gasteiger partial charge in [-0.25, -0.2) is 4.79 Å². The van der Waals surface area contributed by atoms with Crippen molar-refractivity contribution in [3.05, 3.63) is 51.4 Å². The van der Waals surface area contributed by atoms with E-state index in [9.17, 15) is 4.79 Å². The predicted octanol–water partition coefficient (Wildman–Crippen LogP) is 5.50. The first-order valence-electron chi connectivity index (χ1n) is 8.90. The van der Waals surface area contributed by atoms with Gasteiger partial charge in [0.1, 0.15) is 5.00 Å². The maximum Gasteiger partial charge on any atom is 0.341 e. The second-order valence-corrected chi connectivity index (χ2v) is 9.30. The largest absolute Gasteiger partial charge is 0.465 e. The number of nitrogens with one attached hydrogen (secondary N) is 2. The van der Waals surface area contributed by atoms with Gasteiger partial charge < -0.3 is 15.4 Å². The highest BCUT2D eigenvalue weighted by Gasteiger charge is 2.21. The van der Waals surface area contributed by atoms with Crippen molar-refractivity contribution in [2.75, 3.05) is 12.4 Å². The Morgan fingerprint density at radius 1 is 1.19 bits per heavy atom. The Morgan fingerprint density at radius 2 is 1.78 bits per heavy atom. The molecule has 0 fully saturated rings. The van der Waals surface area contributed by atoms with E-state index in [4.69, 9.17) is 17.0 Å². The number of thiophene rings is 1. The summed E-state index contributed by atoms with van der Waals surface area (Å²) in [5.74, 6) is -0.354. The highest BCUT2D eigenvalue weighted by atomic mass is 32.1. The first-order chi connectivity index (χ1) is 12.5. The van der Waals surface area contributed by atoms with E-state index in [2.05, 4.69) is 62.6 Å². The summed E-state index contributed by atoms with van der Waals surface area (Å²) >= 11 is 6.97. The Kier molecular flexibility index (Phi) is 6.65. The van der Waals surface area contributed by atoms with Crippen LogP contribution < -0.4 is 10.6 Å². The van der Waals surface area contributed by atoms with Gasteiger partial charge in [0.05, 0.1) is 18.7 Å². The molecule has 0 amide bonds. The van der Waals surface area contributed by atoms with Crippen LogP contribution in [0.3, 0.4) is 0 Å². The second-order valence-electron chi connectivity index (χ2n) is 7.67. The third kappa shape index (κ3) is 5.08. The summed E-state index contributed by atoms with van der Waals surface area (Å²) in [5.41, 5.74) is 4.05. The van der Waals surface area contributed by atoms with Crippen LogP contribution in [0.4, 0.5) is 5.00 Å². The van der Waals surface area contributed by atoms with E-state index in [-0.39, 0.29) is 17.4 Å². The molecule has 1 unspecified atom stereocenters. The number of hydrogen-bond donors (Lipinski definition) is 2. The first-order valence-corrected chi connectivity index (χ1v) is 10.1. The summed E-state index contributed by atoms with van der Waals surface area (Å²) in [5, 5.41) is 7.65. The number of esters is 1. The summed E-state index contributed by atoms with van der Waals surface area (Å²) in [6.45, 7) is 12.6. The zero-order chi connectivity index (χ0) is 20.4. The van der Waals surface area contributed by atoms with Gasteiger partial charge in [-0.2, -0.15) is 0 Å². The zero-order valence-electron chi connectivity index (χ0n) is 17.0. The standard InChI is InChI=1S/C21H28N2O2S2/c1-12-14(3)27-18(17(12)19(24)25-7)23-20(26)22-13(2)15-8-10-16(11-9-15)21(4,5)6/h8-11,13H,1-7H3,(H2,22,23,26). The molecule has 0 spiro atoms. The molecule has 4 nitrogen and oxygen atoms in total. The maximum absolute atomic E-state index is 12.1. The van der Waals surface area contributed by atoms with Crippen molar-refractivity contribution in [1.82, 2.24) is 5.32 Å². The SMILES string of the molecule is COC(=O)c1c(NC(=S)NC(C)c2ccc(C(C)(C)C)cc2)sc(C)c1C. The molecule has 0 bridgehead atoms. The van der Waals surface area contributed by atoms with Gasteiger partial charge in [0.15, 0.2) is 5.11 Å². The number of benzene rings is 1. The minimum absolute atomic E-state index is 0.0442. The Bertz CT molecular complexity index is 833. The van der Waals surface area contributed by atoms with Crippen LogP contribution in [-0.4, -0.2) is 18.2 Å². The molecule has 2 rings (SSSR count). The van der Waals surface area contributed by atoms with E-state index in [1.165, 1.54) is 24.0 Å². The number of thiocarbonyl (C=S) groups is 1. The molecule has 0 aliphatic rings. The molecule has 2 aromatic rings. The van der Waals surface area contributed by atoms with Crippen LogP contribution in [0.2, 0.25) is 0 Å². The van der Waals surface area contributed by atoms with E-state index < -0.39 is 0 Å². The molecule has 1 atom stereocenters. The average molecular weight is 405 g/mol. The van der Waals surface area contributed by atoms with Crippen LogP contribution >= 0.6 is 23.6 Å². The number of carbonyl (C=O) groups is 1. The summed E-state index contributed by atoms with van der Waals surface area (Å²) < 4.78 is 4.91. The lowest BCUT2D eigenvalue weighted by molar-refractivity contribution is 0.0601. The van der Waals surface area contributed by atoms with Crippen molar-refractivity contribution >= 4 is 39.6 Å². The molecule has 27 heavy (non-hydrogen) atoms. The third-order valence-corrected chi connectivity index (χ3v) is 5.97. The van der Waals surface area contributed by atoms with Gasteiger partial charge in [-0.3, -0.25) is 0 Å². The fraction of sp³-hybridized carbons (Fsp3) is 0.429. The number of methoxy groups -OCH3 is 1. The average Bonchev–Trinajstić information content (AvgIpc) is 2.87. The van der Waals surface area contributed by atoms with Crippen molar-refractivity contribution in [3.63, 3.8) is 0 Å². The fourth-order valence-electron chi connectivity index (χ4n) is 2.75. The molecule has 0 aliphatic carbocycles. The Balaban J connectivity index is 2.10. The molecule has 1 aromatic carbocycles. The van der Waals surface area contributed by atoms with Crippen molar-refractivity contribution in [2.24, 2.45) is 0 Å². The fourth-order valence-corrected chi connectivity index (χ4v) is 4.15. The van der Waals surface area contributed by atoms with E-state index in [0.29, 0.717) is 15.7 Å². The second kappa shape index (κ2) is 8.40. The monoisotopic (exact) mass is 404 g/mol. The van der Waals surface area contributed by atoms with Crippen LogP contribution in [0.5, 0.6) is 0 Å². The Hall–Kier alpha value is -1.92. The van der Waals surface area contributed by atoms with Gasteiger partial charge in [0, 0.05) is 4.88 Å². The minimum Gasteiger partial charge on any atom is -0.465 e. The van der Waals surface area contributed by atoms with Crippen LogP contribution in [0, 0.1) is 13.8 Å². The molecule has 0 saturated carbocycles. The van der Waals surface area contributed by atoms with Crippen molar-refractivity contribution in [3.8, 4) is 0 Å². The predicted molar refractivity (Wildman–Crippen MR) is 118 cm³/mol. The lowest BCUT2D eigenvalue weighted by Gasteiger charge is -2.21. The highest BCUT2D eigenvalue weighted by Crippen LogP contribution is 2.33. The van der Waals surface area contributed by atoms with Crippen molar-refractivity contribution in [2.45, 2.75) is 53.0 Å². The van der Waals surface area contributed by atoms with Gasteiger partial charge >= 0.3 is 5.97 Å². The lowest BCUT2D eigenvalue weighted by atomic mass is 9.86. The molecule has 2 N–H and O–H groups in total. The quantitative estimate of drug-likeness (QED) is 0.521. The van der Waals surface area contributed by atoms with Crippen molar-refractivity contribution < 1.29 is 9.53 Å². The maximum atomic E-state index is 12.1. The molecule has 146 valence electrons. The van der Waals surface area contributed by atoms with Crippen LogP contribution in [0.15, 0.2) is 24.3 Å². The van der Waals surface area contributed by atoms with E-state index in [0.717, 1.165) is 16.0 Å². The molecule has 1 heterocycles. The first kappa shape index (κ1) is 21.4. The number of aryl methyl sites for hydroxylation is 1. The van der Waals surface area contributed by atoms with E-state index in [1.807, 2.05) is 13.8 Å². The molecule has 0 radical (unpaired) electrons. The summed E-state index contributed by atoms with van der Waals surface area (Å²) in [7, 11) is 1.39. The van der Waals surface area contributed by atoms with Gasteiger partial charge in [-0.05, 0) is 55.1 Å². The number of ether oxygens (including phenoxy) is 1. The number of hydrogen-bond acceptors (Lipinski definition) is 4. The lowest BCUT2D eigenvalue weighted by Crippen LogP contribution is -2.31.